The average molecular weight is 255 g/mol. The summed E-state index contributed by atoms with van der Waals surface area (Å²) in [7, 11) is 0. The van der Waals surface area contributed by atoms with Crippen molar-refractivity contribution in [1.82, 2.24) is 4.90 Å². The third-order valence-electron chi connectivity index (χ3n) is 4.07. The van der Waals surface area contributed by atoms with E-state index in [9.17, 15) is 9.59 Å². The molecule has 1 atom stereocenters. The molecule has 3 heteroatoms. The van der Waals surface area contributed by atoms with Gasteiger partial charge in [0, 0.05) is 6.54 Å². The van der Waals surface area contributed by atoms with E-state index >= 15 is 0 Å². The summed E-state index contributed by atoms with van der Waals surface area (Å²) in [6.45, 7) is 2.69. The van der Waals surface area contributed by atoms with Gasteiger partial charge in [-0.3, -0.25) is 14.5 Å². The van der Waals surface area contributed by atoms with Crippen molar-refractivity contribution in [2.24, 2.45) is 5.92 Å². The fourth-order valence-corrected chi connectivity index (χ4v) is 2.85. The van der Waals surface area contributed by atoms with Gasteiger partial charge in [-0.25, -0.2) is 0 Å². The second kappa shape index (κ2) is 4.65. The van der Waals surface area contributed by atoms with Crippen LogP contribution < -0.4 is 0 Å². The van der Waals surface area contributed by atoms with Crippen molar-refractivity contribution < 1.29 is 9.59 Å². The third kappa shape index (κ3) is 2.09. The Morgan fingerprint density at radius 3 is 2.32 bits per heavy atom. The van der Waals surface area contributed by atoms with Crippen LogP contribution >= 0.6 is 0 Å². The molecular weight excluding hydrogens is 238 g/mol. The minimum Gasteiger partial charge on any atom is -0.274 e. The molecule has 1 aromatic rings. The SMILES string of the molecule is CC1=CCC(CN2C(=O)c3ccccc3C2=O)CC1. The van der Waals surface area contributed by atoms with E-state index in [1.807, 2.05) is 0 Å². The van der Waals surface area contributed by atoms with Crippen LogP contribution in [-0.4, -0.2) is 23.3 Å². The van der Waals surface area contributed by atoms with Crippen molar-refractivity contribution >= 4 is 11.8 Å². The number of rotatable bonds is 2. The molecule has 0 aromatic heterocycles. The van der Waals surface area contributed by atoms with Crippen molar-refractivity contribution in [1.29, 1.82) is 0 Å². The van der Waals surface area contributed by atoms with E-state index in [1.165, 1.54) is 10.5 Å². The second-order valence-corrected chi connectivity index (χ2v) is 5.46. The minimum absolute atomic E-state index is 0.133. The Hall–Kier alpha value is -1.90. The van der Waals surface area contributed by atoms with Crippen LogP contribution in [0.25, 0.3) is 0 Å². The molecule has 1 aliphatic heterocycles. The average Bonchev–Trinajstić information content (AvgIpc) is 2.67. The molecule has 19 heavy (non-hydrogen) atoms. The van der Waals surface area contributed by atoms with Crippen molar-refractivity contribution in [3.05, 3.63) is 47.0 Å². The first-order valence-corrected chi connectivity index (χ1v) is 6.77. The molecule has 0 fully saturated rings. The molecule has 0 spiro atoms. The summed E-state index contributed by atoms with van der Waals surface area (Å²) in [5.41, 5.74) is 2.52. The van der Waals surface area contributed by atoms with Crippen LogP contribution in [0.1, 0.15) is 46.9 Å². The summed E-state index contributed by atoms with van der Waals surface area (Å²) in [6.07, 6.45) is 5.34. The normalized spacial score (nSPS) is 22.5. The molecule has 0 radical (unpaired) electrons. The Balaban J connectivity index is 1.78. The topological polar surface area (TPSA) is 37.4 Å². The van der Waals surface area contributed by atoms with Crippen molar-refractivity contribution in [2.75, 3.05) is 6.54 Å². The highest BCUT2D eigenvalue weighted by atomic mass is 16.2. The predicted octanol–water partition coefficient (Wildman–Crippen LogP) is 3.03. The number of hydrogen-bond acceptors (Lipinski definition) is 2. The largest absolute Gasteiger partial charge is 0.274 e. The molecule has 0 N–H and O–H groups in total. The lowest BCUT2D eigenvalue weighted by molar-refractivity contribution is 0.0625. The van der Waals surface area contributed by atoms with E-state index < -0.39 is 0 Å². The van der Waals surface area contributed by atoms with Crippen LogP contribution in [0.4, 0.5) is 0 Å². The highest BCUT2D eigenvalue weighted by molar-refractivity contribution is 6.21. The van der Waals surface area contributed by atoms with E-state index in [2.05, 4.69) is 13.0 Å². The van der Waals surface area contributed by atoms with Gasteiger partial charge in [-0.2, -0.15) is 0 Å². The Bertz CT molecular complexity index is 539. The van der Waals surface area contributed by atoms with Gasteiger partial charge in [0.2, 0.25) is 0 Å². The number of amides is 2. The van der Waals surface area contributed by atoms with Crippen LogP contribution in [0.3, 0.4) is 0 Å². The summed E-state index contributed by atoms with van der Waals surface area (Å²) in [5.74, 6) is 0.143. The molecule has 0 bridgehead atoms. The molecule has 1 aromatic carbocycles. The second-order valence-electron chi connectivity index (χ2n) is 5.46. The van der Waals surface area contributed by atoms with Crippen molar-refractivity contribution in [3.8, 4) is 0 Å². The Kier molecular flexibility index (Phi) is 2.97. The maximum Gasteiger partial charge on any atom is 0.261 e. The maximum atomic E-state index is 12.2. The van der Waals surface area contributed by atoms with E-state index in [0.29, 0.717) is 23.6 Å². The first kappa shape index (κ1) is 12.2. The van der Waals surface area contributed by atoms with E-state index in [1.54, 1.807) is 24.3 Å². The molecular formula is C16H17NO2. The van der Waals surface area contributed by atoms with E-state index in [4.69, 9.17) is 0 Å². The molecule has 0 saturated heterocycles. The summed E-state index contributed by atoms with van der Waals surface area (Å²) < 4.78 is 0. The predicted molar refractivity (Wildman–Crippen MR) is 72.9 cm³/mol. The molecule has 98 valence electrons. The number of fused-ring (bicyclic) bond motifs is 1. The zero-order valence-electron chi connectivity index (χ0n) is 11.1. The number of nitrogens with zero attached hydrogens (tertiary/aromatic N) is 1. The van der Waals surface area contributed by atoms with Gasteiger partial charge >= 0.3 is 0 Å². The van der Waals surface area contributed by atoms with Gasteiger partial charge in [0.05, 0.1) is 11.1 Å². The zero-order chi connectivity index (χ0) is 13.4. The number of hydrogen-bond donors (Lipinski definition) is 0. The molecule has 1 aliphatic carbocycles. The fraction of sp³-hybridized carbons (Fsp3) is 0.375. The van der Waals surface area contributed by atoms with Gasteiger partial charge < -0.3 is 0 Å². The highest BCUT2D eigenvalue weighted by Gasteiger charge is 2.36. The number of carbonyl (C=O) groups excluding carboxylic acids is 2. The van der Waals surface area contributed by atoms with Crippen LogP contribution in [0, 0.1) is 5.92 Å². The standard InChI is InChI=1S/C16H17NO2/c1-11-6-8-12(9-7-11)10-17-15(18)13-4-2-3-5-14(13)16(17)19/h2-6,12H,7-10H2,1H3. The monoisotopic (exact) mass is 255 g/mol. The summed E-state index contributed by atoms with van der Waals surface area (Å²) in [5, 5.41) is 0. The van der Waals surface area contributed by atoms with Gasteiger partial charge in [-0.15, -0.1) is 0 Å². The molecule has 0 saturated carbocycles. The molecule has 2 aliphatic rings. The van der Waals surface area contributed by atoms with Crippen molar-refractivity contribution in [2.45, 2.75) is 26.2 Å². The highest BCUT2D eigenvalue weighted by Crippen LogP contribution is 2.28. The summed E-state index contributed by atoms with van der Waals surface area (Å²) in [4.78, 5) is 25.9. The van der Waals surface area contributed by atoms with E-state index in [-0.39, 0.29) is 11.8 Å². The van der Waals surface area contributed by atoms with Crippen LogP contribution in [0.2, 0.25) is 0 Å². The smallest absolute Gasteiger partial charge is 0.261 e. The lowest BCUT2D eigenvalue weighted by atomic mass is 9.90. The molecule has 1 unspecified atom stereocenters. The lowest BCUT2D eigenvalue weighted by Gasteiger charge is -2.24. The Morgan fingerprint density at radius 2 is 1.79 bits per heavy atom. The Morgan fingerprint density at radius 1 is 1.16 bits per heavy atom. The minimum atomic E-state index is -0.133. The zero-order valence-corrected chi connectivity index (χ0v) is 11.1. The van der Waals surface area contributed by atoms with Crippen molar-refractivity contribution in [3.63, 3.8) is 0 Å². The first-order chi connectivity index (χ1) is 9.16. The number of allylic oxidation sites excluding steroid dienone is 2. The van der Waals surface area contributed by atoms with Gasteiger partial charge in [-0.1, -0.05) is 23.8 Å². The maximum absolute atomic E-state index is 12.2. The number of carbonyl (C=O) groups is 2. The van der Waals surface area contributed by atoms with E-state index in [0.717, 1.165) is 19.3 Å². The fourth-order valence-electron chi connectivity index (χ4n) is 2.85. The van der Waals surface area contributed by atoms with Crippen LogP contribution in [-0.2, 0) is 0 Å². The molecule has 1 heterocycles. The molecule has 3 nitrogen and oxygen atoms in total. The molecule has 2 amide bonds. The lowest BCUT2D eigenvalue weighted by Crippen LogP contribution is -2.35. The number of benzene rings is 1. The number of imide groups is 1. The van der Waals surface area contributed by atoms with Gasteiger partial charge in [0.1, 0.15) is 0 Å². The summed E-state index contributed by atoms with van der Waals surface area (Å²) in [6, 6.07) is 7.08. The first-order valence-electron chi connectivity index (χ1n) is 6.77. The molecule has 3 rings (SSSR count). The Labute approximate surface area is 112 Å². The van der Waals surface area contributed by atoms with Gasteiger partial charge in [0.15, 0.2) is 0 Å². The van der Waals surface area contributed by atoms with Crippen LogP contribution in [0.5, 0.6) is 0 Å². The van der Waals surface area contributed by atoms with Gasteiger partial charge in [0.25, 0.3) is 11.8 Å². The summed E-state index contributed by atoms with van der Waals surface area (Å²) >= 11 is 0. The van der Waals surface area contributed by atoms with Crippen LogP contribution in [0.15, 0.2) is 35.9 Å². The quantitative estimate of drug-likeness (QED) is 0.601. The third-order valence-corrected chi connectivity index (χ3v) is 4.07. The van der Waals surface area contributed by atoms with Gasteiger partial charge in [-0.05, 0) is 44.2 Å².